The zero-order valence-electron chi connectivity index (χ0n) is 13.8. The van der Waals surface area contributed by atoms with Crippen molar-refractivity contribution >= 4 is 17.4 Å². The maximum Gasteiger partial charge on any atom is 0.410 e. The number of hydrogen-bond donors (Lipinski definition) is 1. The van der Waals surface area contributed by atoms with Crippen molar-refractivity contribution in [1.82, 2.24) is 19.5 Å². The van der Waals surface area contributed by atoms with Gasteiger partial charge in [0.2, 0.25) is 0 Å². The van der Waals surface area contributed by atoms with Crippen molar-refractivity contribution in [2.45, 2.75) is 45.1 Å². The predicted molar refractivity (Wildman–Crippen MR) is 87.2 cm³/mol. The third-order valence-corrected chi connectivity index (χ3v) is 4.00. The molecule has 0 spiro atoms. The third-order valence-electron chi connectivity index (χ3n) is 4.00. The largest absolute Gasteiger partial charge is 0.444 e. The summed E-state index contributed by atoms with van der Waals surface area (Å²) in [4.78, 5) is 18.1. The Morgan fingerprint density at radius 1 is 1.39 bits per heavy atom. The molecule has 1 fully saturated rings. The van der Waals surface area contributed by atoms with Gasteiger partial charge in [0, 0.05) is 24.7 Å². The predicted octanol–water partition coefficient (Wildman–Crippen LogP) is 2.43. The molecule has 1 aliphatic rings. The molecule has 0 aromatic carbocycles. The summed E-state index contributed by atoms with van der Waals surface area (Å²) in [5.74, 6) is 0.680. The first-order valence-electron chi connectivity index (χ1n) is 7.91. The van der Waals surface area contributed by atoms with Crippen LogP contribution >= 0.6 is 0 Å². The third kappa shape index (κ3) is 3.23. The normalized spacial score (nSPS) is 19.1. The van der Waals surface area contributed by atoms with Crippen LogP contribution in [0.2, 0.25) is 0 Å². The maximum absolute atomic E-state index is 12.3. The number of ether oxygens (including phenoxy) is 1. The van der Waals surface area contributed by atoms with Crippen LogP contribution in [0.5, 0.6) is 0 Å². The van der Waals surface area contributed by atoms with E-state index in [-0.39, 0.29) is 12.0 Å². The van der Waals surface area contributed by atoms with Crippen LogP contribution in [0.1, 0.15) is 45.2 Å². The van der Waals surface area contributed by atoms with E-state index in [9.17, 15) is 4.79 Å². The Balaban J connectivity index is 1.80. The number of nitrogen functional groups attached to an aromatic ring is 1. The van der Waals surface area contributed by atoms with Crippen LogP contribution in [-0.4, -0.2) is 44.3 Å². The van der Waals surface area contributed by atoms with Crippen LogP contribution in [0, 0.1) is 0 Å². The van der Waals surface area contributed by atoms with Crippen LogP contribution < -0.4 is 5.73 Å². The fraction of sp³-hybridized carbons (Fsp3) is 0.562. The highest BCUT2D eigenvalue weighted by Gasteiger charge is 2.29. The van der Waals surface area contributed by atoms with E-state index in [0.717, 1.165) is 30.6 Å². The molecular weight excluding hydrogens is 294 g/mol. The van der Waals surface area contributed by atoms with E-state index in [4.69, 9.17) is 10.5 Å². The summed E-state index contributed by atoms with van der Waals surface area (Å²) in [6.07, 6.45) is 3.16. The molecule has 1 amide bonds. The van der Waals surface area contributed by atoms with Gasteiger partial charge in [0.1, 0.15) is 17.4 Å². The Morgan fingerprint density at radius 3 is 2.91 bits per heavy atom. The molecule has 0 bridgehead atoms. The van der Waals surface area contributed by atoms with Gasteiger partial charge in [0.25, 0.3) is 0 Å². The molecule has 7 nitrogen and oxygen atoms in total. The zero-order valence-corrected chi connectivity index (χ0v) is 13.8. The van der Waals surface area contributed by atoms with E-state index in [1.54, 1.807) is 4.90 Å². The number of piperidine rings is 1. The lowest BCUT2D eigenvalue weighted by atomic mass is 9.95. The van der Waals surface area contributed by atoms with Gasteiger partial charge in [-0.2, -0.15) is 5.10 Å². The number of anilines is 1. The molecule has 3 rings (SSSR count). The molecule has 1 saturated heterocycles. The van der Waals surface area contributed by atoms with Crippen molar-refractivity contribution in [3.05, 3.63) is 24.2 Å². The fourth-order valence-electron chi connectivity index (χ4n) is 2.99. The standard InChI is InChI=1S/C16H23N5O2/c1-16(2,3)23-15(22)20-8-4-5-11(9-20)12-6-7-13-14(17)18-10-19-21(12)13/h6-7,10-11H,4-5,8-9H2,1-3H3,(H2,17,18,19)/t11-/m1/s1. The minimum Gasteiger partial charge on any atom is -0.444 e. The SMILES string of the molecule is CC(C)(C)OC(=O)N1CCC[C@@H](c2ccc3c(N)ncnn23)C1. The summed E-state index contributed by atoms with van der Waals surface area (Å²) < 4.78 is 7.31. The number of nitrogens with zero attached hydrogens (tertiary/aromatic N) is 4. The second-order valence-corrected chi connectivity index (χ2v) is 6.97. The van der Waals surface area contributed by atoms with Gasteiger partial charge in [0.05, 0.1) is 0 Å². The average Bonchev–Trinajstić information content (AvgIpc) is 2.91. The number of hydrogen-bond acceptors (Lipinski definition) is 5. The summed E-state index contributed by atoms with van der Waals surface area (Å²) >= 11 is 0. The number of nitrogens with two attached hydrogens (primary N) is 1. The molecule has 1 atom stereocenters. The van der Waals surface area contributed by atoms with E-state index in [0.29, 0.717) is 12.4 Å². The Kier molecular flexibility index (Phi) is 3.87. The van der Waals surface area contributed by atoms with Crippen LogP contribution in [0.25, 0.3) is 5.52 Å². The lowest BCUT2D eigenvalue weighted by Crippen LogP contribution is -2.42. The lowest BCUT2D eigenvalue weighted by molar-refractivity contribution is 0.0196. The molecule has 0 unspecified atom stereocenters. The molecule has 1 aliphatic heterocycles. The molecule has 0 saturated carbocycles. The molecule has 7 heteroatoms. The molecule has 2 aromatic heterocycles. The van der Waals surface area contributed by atoms with Crippen LogP contribution in [0.4, 0.5) is 10.6 Å². The van der Waals surface area contributed by atoms with E-state index in [1.165, 1.54) is 6.33 Å². The summed E-state index contributed by atoms with van der Waals surface area (Å²) in [6.45, 7) is 7.00. The van der Waals surface area contributed by atoms with Crippen molar-refractivity contribution < 1.29 is 9.53 Å². The summed E-state index contributed by atoms with van der Waals surface area (Å²) in [6, 6.07) is 3.95. The quantitative estimate of drug-likeness (QED) is 0.873. The van der Waals surface area contributed by atoms with E-state index in [2.05, 4.69) is 10.1 Å². The smallest absolute Gasteiger partial charge is 0.410 e. The van der Waals surface area contributed by atoms with Crippen molar-refractivity contribution in [2.75, 3.05) is 18.8 Å². The van der Waals surface area contributed by atoms with Gasteiger partial charge in [-0.05, 0) is 45.7 Å². The number of carbonyl (C=O) groups is 1. The van der Waals surface area contributed by atoms with E-state index < -0.39 is 5.60 Å². The molecule has 2 aromatic rings. The highest BCUT2D eigenvalue weighted by atomic mass is 16.6. The Hall–Kier alpha value is -2.31. The van der Waals surface area contributed by atoms with Gasteiger partial charge in [-0.3, -0.25) is 0 Å². The number of aromatic nitrogens is 3. The van der Waals surface area contributed by atoms with E-state index in [1.807, 2.05) is 37.4 Å². The van der Waals surface area contributed by atoms with Gasteiger partial charge in [0.15, 0.2) is 5.82 Å². The Bertz CT molecular complexity index is 719. The summed E-state index contributed by atoms with van der Waals surface area (Å²) in [5, 5.41) is 4.30. The number of carbonyl (C=O) groups excluding carboxylic acids is 1. The Labute approximate surface area is 135 Å². The van der Waals surface area contributed by atoms with Crippen LogP contribution in [0.3, 0.4) is 0 Å². The first-order chi connectivity index (χ1) is 10.8. The second kappa shape index (κ2) is 5.72. The van der Waals surface area contributed by atoms with Gasteiger partial charge < -0.3 is 15.4 Å². The lowest BCUT2D eigenvalue weighted by Gasteiger charge is -2.34. The summed E-state index contributed by atoms with van der Waals surface area (Å²) in [5.41, 5.74) is 7.27. The Morgan fingerprint density at radius 2 is 2.17 bits per heavy atom. The topological polar surface area (TPSA) is 85.8 Å². The highest BCUT2D eigenvalue weighted by molar-refractivity contribution is 5.68. The molecule has 0 radical (unpaired) electrons. The second-order valence-electron chi connectivity index (χ2n) is 6.97. The van der Waals surface area contributed by atoms with Gasteiger partial charge in [-0.1, -0.05) is 0 Å². The van der Waals surface area contributed by atoms with Gasteiger partial charge in [-0.25, -0.2) is 14.3 Å². The van der Waals surface area contributed by atoms with Crippen molar-refractivity contribution in [1.29, 1.82) is 0 Å². The van der Waals surface area contributed by atoms with Gasteiger partial charge >= 0.3 is 6.09 Å². The molecule has 124 valence electrons. The fourth-order valence-corrected chi connectivity index (χ4v) is 2.99. The van der Waals surface area contributed by atoms with Crippen LogP contribution in [0.15, 0.2) is 18.5 Å². The van der Waals surface area contributed by atoms with E-state index >= 15 is 0 Å². The average molecular weight is 317 g/mol. The molecule has 0 aliphatic carbocycles. The minimum absolute atomic E-state index is 0.216. The first-order valence-corrected chi connectivity index (χ1v) is 7.91. The number of rotatable bonds is 1. The van der Waals surface area contributed by atoms with Crippen molar-refractivity contribution in [2.24, 2.45) is 0 Å². The molecule has 2 N–H and O–H groups in total. The zero-order chi connectivity index (χ0) is 16.6. The van der Waals surface area contributed by atoms with Crippen molar-refractivity contribution in [3.8, 4) is 0 Å². The first kappa shape index (κ1) is 15.6. The molecule has 23 heavy (non-hydrogen) atoms. The number of amides is 1. The number of fused-ring (bicyclic) bond motifs is 1. The molecule has 3 heterocycles. The molecular formula is C16H23N5O2. The monoisotopic (exact) mass is 317 g/mol. The highest BCUT2D eigenvalue weighted by Crippen LogP contribution is 2.29. The van der Waals surface area contributed by atoms with Crippen LogP contribution in [-0.2, 0) is 4.74 Å². The summed E-state index contributed by atoms with van der Waals surface area (Å²) in [7, 11) is 0. The van der Waals surface area contributed by atoms with Gasteiger partial charge in [-0.15, -0.1) is 0 Å². The van der Waals surface area contributed by atoms with Crippen molar-refractivity contribution in [3.63, 3.8) is 0 Å². The number of likely N-dealkylation sites (tertiary alicyclic amines) is 1. The minimum atomic E-state index is -0.479. The maximum atomic E-state index is 12.3.